The summed E-state index contributed by atoms with van der Waals surface area (Å²) in [5.74, 6) is -0.541. The first kappa shape index (κ1) is 10.8. The van der Waals surface area contributed by atoms with Gasteiger partial charge in [0, 0.05) is 11.5 Å². The Hall–Kier alpha value is -1.75. The van der Waals surface area contributed by atoms with E-state index in [1.807, 2.05) is 25.1 Å². The second-order valence-corrected chi connectivity index (χ2v) is 3.98. The first-order valence-corrected chi connectivity index (χ1v) is 5.17. The number of aromatic nitrogens is 2. The lowest BCUT2D eigenvalue weighted by molar-refractivity contribution is -0.113. The van der Waals surface area contributed by atoms with E-state index in [9.17, 15) is 4.79 Å². The molecule has 2 aromatic rings. The van der Waals surface area contributed by atoms with Crippen LogP contribution in [0.4, 0.5) is 0 Å². The summed E-state index contributed by atoms with van der Waals surface area (Å²) in [7, 11) is 0. The van der Waals surface area contributed by atoms with E-state index in [-0.39, 0.29) is 0 Å². The zero-order valence-corrected chi connectivity index (χ0v) is 9.61. The predicted octanol–water partition coefficient (Wildman–Crippen LogP) is 1.56. The summed E-state index contributed by atoms with van der Waals surface area (Å²) in [4.78, 5) is 10.8. The van der Waals surface area contributed by atoms with E-state index in [1.165, 1.54) is 6.08 Å². The molecule has 5 heteroatoms. The number of aryl methyl sites for hydroxylation is 1. The third kappa shape index (κ3) is 1.94. The monoisotopic (exact) mass is 233 g/mol. The molecule has 0 aliphatic heterocycles. The molecule has 0 saturated carbocycles. The van der Waals surface area contributed by atoms with E-state index in [0.29, 0.717) is 5.03 Å². The lowest BCUT2D eigenvalue weighted by atomic mass is 10.2. The molecule has 0 unspecified atom stereocenters. The SMILES string of the molecule is Cc1ccc2c(cnn2/C(S)=C/C(N)=O)c1. The number of rotatable bonds is 2. The highest BCUT2D eigenvalue weighted by Crippen LogP contribution is 2.20. The smallest absolute Gasteiger partial charge is 0.244 e. The van der Waals surface area contributed by atoms with Gasteiger partial charge in [0.15, 0.2) is 0 Å². The normalized spacial score (nSPS) is 12.0. The van der Waals surface area contributed by atoms with Gasteiger partial charge in [0.2, 0.25) is 5.91 Å². The van der Waals surface area contributed by atoms with Crippen LogP contribution in [0.3, 0.4) is 0 Å². The van der Waals surface area contributed by atoms with E-state index in [0.717, 1.165) is 16.5 Å². The van der Waals surface area contributed by atoms with Gasteiger partial charge in [-0.05, 0) is 19.1 Å². The van der Waals surface area contributed by atoms with Crippen molar-refractivity contribution in [1.82, 2.24) is 9.78 Å². The molecule has 1 aromatic carbocycles. The Morgan fingerprint density at radius 2 is 2.31 bits per heavy atom. The Labute approximate surface area is 98.1 Å². The van der Waals surface area contributed by atoms with Gasteiger partial charge in [-0.15, -0.1) is 12.6 Å². The molecule has 0 radical (unpaired) electrons. The Balaban J connectivity index is 2.58. The van der Waals surface area contributed by atoms with E-state index < -0.39 is 5.91 Å². The summed E-state index contributed by atoms with van der Waals surface area (Å²) in [6, 6.07) is 5.93. The molecule has 0 aliphatic carbocycles. The molecule has 0 bridgehead atoms. The molecular weight excluding hydrogens is 222 g/mol. The molecular formula is C11H11N3OS. The minimum Gasteiger partial charge on any atom is -0.366 e. The lowest BCUT2D eigenvalue weighted by Crippen LogP contribution is -2.08. The Morgan fingerprint density at radius 1 is 1.56 bits per heavy atom. The van der Waals surface area contributed by atoms with Crippen LogP contribution in [0.1, 0.15) is 5.56 Å². The zero-order chi connectivity index (χ0) is 11.7. The maximum absolute atomic E-state index is 10.8. The van der Waals surface area contributed by atoms with Crippen LogP contribution >= 0.6 is 12.6 Å². The van der Waals surface area contributed by atoms with Crippen LogP contribution < -0.4 is 5.73 Å². The van der Waals surface area contributed by atoms with Gasteiger partial charge in [0.05, 0.1) is 11.7 Å². The van der Waals surface area contributed by atoms with E-state index in [4.69, 9.17) is 5.73 Å². The van der Waals surface area contributed by atoms with Crippen molar-refractivity contribution < 1.29 is 4.79 Å². The molecule has 82 valence electrons. The van der Waals surface area contributed by atoms with Crippen molar-refractivity contribution in [2.24, 2.45) is 5.73 Å². The summed E-state index contributed by atoms with van der Waals surface area (Å²) < 4.78 is 1.57. The zero-order valence-electron chi connectivity index (χ0n) is 8.71. The van der Waals surface area contributed by atoms with Crippen molar-refractivity contribution in [3.8, 4) is 0 Å². The molecule has 1 aromatic heterocycles. The van der Waals surface area contributed by atoms with E-state index in [1.54, 1.807) is 10.9 Å². The van der Waals surface area contributed by atoms with Crippen molar-refractivity contribution in [2.75, 3.05) is 0 Å². The Morgan fingerprint density at radius 3 is 3.00 bits per heavy atom. The fraction of sp³-hybridized carbons (Fsp3) is 0.0909. The highest BCUT2D eigenvalue weighted by molar-refractivity contribution is 7.90. The van der Waals surface area contributed by atoms with Crippen molar-refractivity contribution in [1.29, 1.82) is 0 Å². The van der Waals surface area contributed by atoms with Gasteiger partial charge < -0.3 is 5.73 Å². The molecule has 1 amide bonds. The number of carbonyl (C=O) groups excluding carboxylic acids is 1. The molecule has 16 heavy (non-hydrogen) atoms. The first-order valence-electron chi connectivity index (χ1n) is 4.73. The maximum Gasteiger partial charge on any atom is 0.244 e. The number of thiol groups is 1. The summed E-state index contributed by atoms with van der Waals surface area (Å²) in [5, 5.41) is 5.57. The van der Waals surface area contributed by atoms with Crippen molar-refractivity contribution in [2.45, 2.75) is 6.92 Å². The van der Waals surface area contributed by atoms with Crippen molar-refractivity contribution >= 4 is 34.5 Å². The van der Waals surface area contributed by atoms with Crippen LogP contribution in [-0.4, -0.2) is 15.7 Å². The van der Waals surface area contributed by atoms with Gasteiger partial charge in [0.25, 0.3) is 0 Å². The summed E-state index contributed by atoms with van der Waals surface area (Å²) >= 11 is 4.19. The van der Waals surface area contributed by atoms with Gasteiger partial charge in [-0.3, -0.25) is 4.79 Å². The molecule has 0 aliphatic rings. The number of carbonyl (C=O) groups is 1. The van der Waals surface area contributed by atoms with Gasteiger partial charge in [-0.2, -0.15) is 5.10 Å². The van der Waals surface area contributed by atoms with Crippen LogP contribution in [0.15, 0.2) is 30.5 Å². The van der Waals surface area contributed by atoms with Crippen LogP contribution in [0.5, 0.6) is 0 Å². The predicted molar refractivity (Wildman–Crippen MR) is 66.9 cm³/mol. The molecule has 0 atom stereocenters. The van der Waals surface area contributed by atoms with Crippen molar-refractivity contribution in [3.63, 3.8) is 0 Å². The minimum absolute atomic E-state index is 0.409. The summed E-state index contributed by atoms with van der Waals surface area (Å²) in [6.07, 6.45) is 2.96. The number of hydrogen-bond donors (Lipinski definition) is 2. The third-order valence-electron chi connectivity index (χ3n) is 2.21. The van der Waals surface area contributed by atoms with Gasteiger partial charge >= 0.3 is 0 Å². The van der Waals surface area contributed by atoms with Gasteiger partial charge in [-0.1, -0.05) is 11.6 Å². The van der Waals surface area contributed by atoms with Crippen LogP contribution in [0, 0.1) is 6.92 Å². The number of primary amides is 1. The standard InChI is InChI=1S/C11H11N3OS/c1-7-2-3-9-8(4-7)6-13-14(9)11(16)5-10(12)15/h2-6,16H,1H3,(H2,12,15)/b11-5-. The number of fused-ring (bicyclic) bond motifs is 1. The number of hydrogen-bond acceptors (Lipinski definition) is 3. The highest BCUT2D eigenvalue weighted by atomic mass is 32.1. The Bertz CT molecular complexity index is 586. The topological polar surface area (TPSA) is 60.9 Å². The third-order valence-corrected chi connectivity index (χ3v) is 2.53. The average molecular weight is 233 g/mol. The fourth-order valence-corrected chi connectivity index (χ4v) is 1.81. The second-order valence-electron chi connectivity index (χ2n) is 3.52. The lowest BCUT2D eigenvalue weighted by Gasteiger charge is -2.01. The number of nitrogens with zero attached hydrogens (tertiary/aromatic N) is 2. The highest BCUT2D eigenvalue weighted by Gasteiger charge is 2.05. The molecule has 1 heterocycles. The molecule has 2 rings (SSSR count). The van der Waals surface area contributed by atoms with E-state index in [2.05, 4.69) is 17.7 Å². The number of benzene rings is 1. The minimum atomic E-state index is -0.541. The molecule has 2 N–H and O–H groups in total. The maximum atomic E-state index is 10.8. The average Bonchev–Trinajstić information content (AvgIpc) is 2.59. The second kappa shape index (κ2) is 4.02. The van der Waals surface area contributed by atoms with E-state index >= 15 is 0 Å². The molecule has 0 fully saturated rings. The van der Waals surface area contributed by atoms with Gasteiger partial charge in [0.1, 0.15) is 5.03 Å². The van der Waals surface area contributed by atoms with Crippen LogP contribution in [-0.2, 0) is 4.79 Å². The van der Waals surface area contributed by atoms with Crippen molar-refractivity contribution in [3.05, 3.63) is 36.0 Å². The quantitative estimate of drug-likeness (QED) is 0.611. The summed E-state index contributed by atoms with van der Waals surface area (Å²) in [6.45, 7) is 2.01. The number of nitrogens with two attached hydrogens (primary N) is 1. The van der Waals surface area contributed by atoms with Crippen LogP contribution in [0.25, 0.3) is 15.9 Å². The first-order chi connectivity index (χ1) is 7.58. The largest absolute Gasteiger partial charge is 0.366 e. The Kier molecular flexibility index (Phi) is 2.70. The molecule has 0 saturated heterocycles. The summed E-state index contributed by atoms with van der Waals surface area (Å²) in [5.41, 5.74) is 7.12. The molecule has 4 nitrogen and oxygen atoms in total. The van der Waals surface area contributed by atoms with Gasteiger partial charge in [-0.25, -0.2) is 4.68 Å². The molecule has 0 spiro atoms. The number of amides is 1. The fourth-order valence-electron chi connectivity index (χ4n) is 1.52. The van der Waals surface area contributed by atoms with Crippen LogP contribution in [0.2, 0.25) is 0 Å².